The Kier molecular flexibility index (Phi) is 5.75. The number of hydrogen-bond donors (Lipinski definition) is 3. The third kappa shape index (κ3) is 4.37. The summed E-state index contributed by atoms with van der Waals surface area (Å²) in [5, 5.41) is 19.7. The van der Waals surface area contributed by atoms with Gasteiger partial charge in [0.05, 0.1) is 6.42 Å². The number of nitrogens with zero attached hydrogens (tertiary/aromatic N) is 1. The molecule has 0 aliphatic heterocycles. The predicted molar refractivity (Wildman–Crippen MR) is 73.6 cm³/mol. The second kappa shape index (κ2) is 7.09. The van der Waals surface area contributed by atoms with Gasteiger partial charge in [0.1, 0.15) is 11.7 Å². The van der Waals surface area contributed by atoms with Crippen molar-refractivity contribution in [1.82, 2.24) is 9.88 Å². The first-order valence-electron chi connectivity index (χ1n) is 5.96. The number of carbonyl (C=O) groups is 3. The van der Waals surface area contributed by atoms with Crippen LogP contribution in [0.2, 0.25) is 0 Å². The van der Waals surface area contributed by atoms with E-state index < -0.39 is 30.3 Å². The Bertz CT molecular complexity index is 526. The van der Waals surface area contributed by atoms with Gasteiger partial charge in [-0.15, -0.1) is 0 Å². The molecule has 0 spiro atoms. The van der Waals surface area contributed by atoms with Crippen molar-refractivity contribution in [3.8, 4) is 0 Å². The summed E-state index contributed by atoms with van der Waals surface area (Å²) < 4.78 is 2.38. The number of aromatic nitrogens is 1. The third-order valence-electron chi connectivity index (χ3n) is 2.54. The highest BCUT2D eigenvalue weighted by molar-refractivity contribution is 9.10. The van der Waals surface area contributed by atoms with E-state index in [1.807, 2.05) is 6.92 Å². The number of carbonyl (C=O) groups excluding carboxylic acids is 1. The van der Waals surface area contributed by atoms with E-state index in [1.165, 1.54) is 0 Å². The maximum absolute atomic E-state index is 12.0. The fourth-order valence-electron chi connectivity index (χ4n) is 1.70. The van der Waals surface area contributed by atoms with E-state index in [0.717, 1.165) is 6.42 Å². The van der Waals surface area contributed by atoms with Crippen molar-refractivity contribution >= 4 is 33.8 Å². The molecule has 7 nitrogen and oxygen atoms in total. The zero-order valence-corrected chi connectivity index (χ0v) is 12.4. The molecular weight excluding hydrogens is 332 g/mol. The molecular formula is C12H15BrN2O5. The quantitative estimate of drug-likeness (QED) is 0.689. The zero-order chi connectivity index (χ0) is 15.3. The molecule has 3 N–H and O–H groups in total. The molecule has 0 aromatic carbocycles. The molecule has 1 amide bonds. The Morgan fingerprint density at radius 3 is 2.55 bits per heavy atom. The van der Waals surface area contributed by atoms with Gasteiger partial charge in [-0.05, 0) is 28.4 Å². The van der Waals surface area contributed by atoms with Crippen LogP contribution in [0.1, 0.15) is 30.3 Å². The smallest absolute Gasteiger partial charge is 0.326 e. The first-order valence-corrected chi connectivity index (χ1v) is 6.75. The van der Waals surface area contributed by atoms with E-state index in [-0.39, 0.29) is 5.69 Å². The average Bonchev–Trinajstić information content (AvgIpc) is 2.69. The van der Waals surface area contributed by atoms with E-state index in [9.17, 15) is 14.4 Å². The summed E-state index contributed by atoms with van der Waals surface area (Å²) in [6, 6.07) is 0.105. The van der Waals surface area contributed by atoms with E-state index in [2.05, 4.69) is 21.2 Å². The van der Waals surface area contributed by atoms with Crippen LogP contribution in [0.15, 0.2) is 16.7 Å². The van der Waals surface area contributed by atoms with Crippen molar-refractivity contribution in [1.29, 1.82) is 0 Å². The van der Waals surface area contributed by atoms with Crippen LogP contribution in [0.3, 0.4) is 0 Å². The van der Waals surface area contributed by atoms with Crippen LogP contribution in [-0.2, 0) is 16.1 Å². The van der Waals surface area contributed by atoms with Crippen molar-refractivity contribution < 1.29 is 24.6 Å². The molecule has 0 saturated heterocycles. The van der Waals surface area contributed by atoms with Crippen molar-refractivity contribution in [3.63, 3.8) is 0 Å². The lowest BCUT2D eigenvalue weighted by atomic mass is 10.2. The fraction of sp³-hybridized carbons (Fsp3) is 0.417. The van der Waals surface area contributed by atoms with Gasteiger partial charge in [0.2, 0.25) is 0 Å². The monoisotopic (exact) mass is 346 g/mol. The minimum Gasteiger partial charge on any atom is -0.481 e. The SMILES string of the molecule is CCCn1cc(Br)cc1C(=O)NC(CC(=O)O)C(=O)O. The average molecular weight is 347 g/mol. The van der Waals surface area contributed by atoms with Crippen LogP contribution in [0.4, 0.5) is 0 Å². The first kappa shape index (κ1) is 16.2. The van der Waals surface area contributed by atoms with Gasteiger partial charge in [-0.25, -0.2) is 4.79 Å². The minimum absolute atomic E-state index is 0.287. The first-order chi connectivity index (χ1) is 9.35. The highest BCUT2D eigenvalue weighted by atomic mass is 79.9. The number of carboxylic acids is 2. The molecule has 0 fully saturated rings. The summed E-state index contributed by atoms with van der Waals surface area (Å²) in [5.41, 5.74) is 0.287. The van der Waals surface area contributed by atoms with Gasteiger partial charge < -0.3 is 20.1 Å². The maximum Gasteiger partial charge on any atom is 0.326 e. The lowest BCUT2D eigenvalue weighted by Gasteiger charge is -2.13. The lowest BCUT2D eigenvalue weighted by Crippen LogP contribution is -2.42. The molecule has 20 heavy (non-hydrogen) atoms. The molecule has 0 bridgehead atoms. The molecule has 1 aromatic heterocycles. The Hall–Kier alpha value is -1.83. The molecule has 1 atom stereocenters. The highest BCUT2D eigenvalue weighted by Gasteiger charge is 2.24. The molecule has 0 saturated carbocycles. The Morgan fingerprint density at radius 1 is 1.40 bits per heavy atom. The van der Waals surface area contributed by atoms with Crippen LogP contribution in [-0.4, -0.2) is 38.7 Å². The van der Waals surface area contributed by atoms with Crippen molar-refractivity contribution in [2.45, 2.75) is 32.4 Å². The second-order valence-corrected chi connectivity index (χ2v) is 5.11. The van der Waals surface area contributed by atoms with Crippen molar-refractivity contribution in [3.05, 3.63) is 22.4 Å². The van der Waals surface area contributed by atoms with E-state index >= 15 is 0 Å². The fourth-order valence-corrected chi connectivity index (χ4v) is 2.16. The van der Waals surface area contributed by atoms with Crippen LogP contribution in [0.25, 0.3) is 0 Å². The number of aryl methyl sites for hydroxylation is 1. The number of carboxylic acid groups (broad SMARTS) is 2. The van der Waals surface area contributed by atoms with Gasteiger partial charge >= 0.3 is 11.9 Å². The predicted octanol–water partition coefficient (Wildman–Crippen LogP) is 1.32. The van der Waals surface area contributed by atoms with Crippen LogP contribution < -0.4 is 5.32 Å². The number of halogens is 1. The number of aliphatic carboxylic acids is 2. The summed E-state index contributed by atoms with van der Waals surface area (Å²) in [6.07, 6.45) is 1.85. The molecule has 110 valence electrons. The minimum atomic E-state index is -1.45. The summed E-state index contributed by atoms with van der Waals surface area (Å²) in [7, 11) is 0. The van der Waals surface area contributed by atoms with Gasteiger partial charge in [-0.3, -0.25) is 9.59 Å². The molecule has 1 heterocycles. The number of hydrogen-bond acceptors (Lipinski definition) is 3. The van der Waals surface area contributed by atoms with Crippen LogP contribution in [0.5, 0.6) is 0 Å². The van der Waals surface area contributed by atoms with Gasteiger partial charge in [0, 0.05) is 17.2 Å². The van der Waals surface area contributed by atoms with Crippen molar-refractivity contribution in [2.24, 2.45) is 0 Å². The molecule has 0 aliphatic rings. The lowest BCUT2D eigenvalue weighted by molar-refractivity contribution is -0.145. The van der Waals surface area contributed by atoms with E-state index in [4.69, 9.17) is 10.2 Å². The van der Waals surface area contributed by atoms with Crippen LogP contribution >= 0.6 is 15.9 Å². The molecule has 8 heteroatoms. The Labute approximate surface area is 123 Å². The topological polar surface area (TPSA) is 109 Å². The third-order valence-corrected chi connectivity index (χ3v) is 2.98. The number of nitrogens with one attached hydrogen (secondary N) is 1. The standard InChI is InChI=1S/C12H15BrN2O5/c1-2-3-15-6-7(13)4-9(15)11(18)14-8(12(19)20)5-10(16)17/h4,6,8H,2-3,5H2,1H3,(H,14,18)(H,16,17)(H,19,20). The largest absolute Gasteiger partial charge is 0.481 e. The van der Waals surface area contributed by atoms with E-state index in [1.54, 1.807) is 16.8 Å². The zero-order valence-electron chi connectivity index (χ0n) is 10.8. The Balaban J connectivity index is 2.88. The highest BCUT2D eigenvalue weighted by Crippen LogP contribution is 2.15. The van der Waals surface area contributed by atoms with Gasteiger partial charge in [0.15, 0.2) is 0 Å². The molecule has 0 radical (unpaired) electrons. The van der Waals surface area contributed by atoms with E-state index in [0.29, 0.717) is 11.0 Å². The summed E-state index contributed by atoms with van der Waals surface area (Å²) in [5.74, 6) is -3.28. The summed E-state index contributed by atoms with van der Waals surface area (Å²) in [6.45, 7) is 2.55. The molecule has 1 unspecified atom stereocenters. The van der Waals surface area contributed by atoms with Gasteiger partial charge in [-0.2, -0.15) is 0 Å². The second-order valence-electron chi connectivity index (χ2n) is 4.20. The number of amides is 1. The summed E-state index contributed by atoms with van der Waals surface area (Å²) >= 11 is 3.25. The van der Waals surface area contributed by atoms with Gasteiger partial charge in [-0.1, -0.05) is 6.92 Å². The van der Waals surface area contributed by atoms with Crippen molar-refractivity contribution in [2.75, 3.05) is 0 Å². The maximum atomic E-state index is 12.0. The normalized spacial score (nSPS) is 11.9. The van der Waals surface area contributed by atoms with Crippen LogP contribution in [0, 0.1) is 0 Å². The Morgan fingerprint density at radius 2 is 2.05 bits per heavy atom. The molecule has 1 rings (SSSR count). The molecule has 1 aromatic rings. The van der Waals surface area contributed by atoms with Gasteiger partial charge in [0.25, 0.3) is 5.91 Å². The molecule has 0 aliphatic carbocycles. The number of rotatable bonds is 7. The summed E-state index contributed by atoms with van der Waals surface area (Å²) in [4.78, 5) is 33.5.